The minimum atomic E-state index is -0.471. The molecular formula is C12H15FN2O. The first kappa shape index (κ1) is 12.2. The van der Waals surface area contributed by atoms with Gasteiger partial charge in [-0.25, -0.2) is 4.39 Å². The molecule has 0 saturated carbocycles. The molecule has 0 aromatic heterocycles. The largest absolute Gasteiger partial charge is 0.381 e. The van der Waals surface area contributed by atoms with Crippen LogP contribution >= 0.6 is 0 Å². The van der Waals surface area contributed by atoms with Crippen LogP contribution in [-0.4, -0.2) is 11.9 Å². The van der Waals surface area contributed by atoms with Gasteiger partial charge in [0.2, 0.25) is 5.91 Å². The number of nitrogens with one attached hydrogen (secondary N) is 2. The number of amides is 1. The van der Waals surface area contributed by atoms with E-state index in [0.717, 1.165) is 6.08 Å². The summed E-state index contributed by atoms with van der Waals surface area (Å²) in [5.74, 6) is -0.905. The molecule has 16 heavy (non-hydrogen) atoms. The highest BCUT2D eigenvalue weighted by atomic mass is 19.1. The molecular weight excluding hydrogens is 207 g/mol. The average Bonchev–Trinajstić information content (AvgIpc) is 2.22. The molecule has 0 aliphatic rings. The Morgan fingerprint density at radius 1 is 1.50 bits per heavy atom. The Kier molecular flexibility index (Phi) is 4.05. The molecule has 86 valence electrons. The van der Waals surface area contributed by atoms with Crippen molar-refractivity contribution in [1.29, 1.82) is 0 Å². The molecule has 0 heterocycles. The van der Waals surface area contributed by atoms with Gasteiger partial charge in [0.25, 0.3) is 0 Å². The Balaban J connectivity index is 3.02. The number of carbonyl (C=O) groups is 1. The van der Waals surface area contributed by atoms with Crippen molar-refractivity contribution in [3.05, 3.63) is 36.7 Å². The topological polar surface area (TPSA) is 41.1 Å². The lowest BCUT2D eigenvalue weighted by Gasteiger charge is -2.15. The van der Waals surface area contributed by atoms with E-state index in [1.54, 1.807) is 12.1 Å². The van der Waals surface area contributed by atoms with E-state index in [0.29, 0.717) is 5.69 Å². The van der Waals surface area contributed by atoms with Crippen LogP contribution in [0.1, 0.15) is 13.8 Å². The third kappa shape index (κ3) is 3.08. The maximum absolute atomic E-state index is 13.5. The first-order valence-corrected chi connectivity index (χ1v) is 5.03. The maximum atomic E-state index is 13.5. The molecule has 0 saturated heterocycles. The van der Waals surface area contributed by atoms with Crippen LogP contribution in [0.3, 0.4) is 0 Å². The van der Waals surface area contributed by atoms with E-state index in [4.69, 9.17) is 0 Å². The smallest absolute Gasteiger partial charge is 0.247 e. The van der Waals surface area contributed by atoms with Gasteiger partial charge >= 0.3 is 0 Å². The second-order valence-electron chi connectivity index (χ2n) is 3.65. The normalized spacial score (nSPS) is 10.0. The van der Waals surface area contributed by atoms with Crippen LogP contribution in [0.2, 0.25) is 0 Å². The number of hydrogen-bond donors (Lipinski definition) is 2. The second-order valence-corrected chi connectivity index (χ2v) is 3.65. The molecule has 2 N–H and O–H groups in total. The van der Waals surface area contributed by atoms with Crippen LogP contribution in [0.25, 0.3) is 0 Å². The van der Waals surface area contributed by atoms with E-state index in [2.05, 4.69) is 17.2 Å². The van der Waals surface area contributed by atoms with Gasteiger partial charge < -0.3 is 10.6 Å². The number of halogens is 1. The van der Waals surface area contributed by atoms with Crippen LogP contribution in [0.15, 0.2) is 30.9 Å². The van der Waals surface area contributed by atoms with Gasteiger partial charge in [-0.15, -0.1) is 0 Å². The molecule has 0 atom stereocenters. The fourth-order valence-electron chi connectivity index (χ4n) is 1.26. The van der Waals surface area contributed by atoms with E-state index < -0.39 is 11.7 Å². The molecule has 1 aromatic carbocycles. The van der Waals surface area contributed by atoms with Crippen molar-refractivity contribution in [1.82, 2.24) is 0 Å². The molecule has 0 unspecified atom stereocenters. The van der Waals surface area contributed by atoms with Gasteiger partial charge in [0, 0.05) is 6.04 Å². The maximum Gasteiger partial charge on any atom is 0.247 e. The van der Waals surface area contributed by atoms with Crippen molar-refractivity contribution in [2.45, 2.75) is 19.9 Å². The van der Waals surface area contributed by atoms with Crippen molar-refractivity contribution >= 4 is 17.3 Å². The minimum Gasteiger partial charge on any atom is -0.381 e. The predicted molar refractivity (Wildman–Crippen MR) is 64.0 cm³/mol. The zero-order valence-electron chi connectivity index (χ0n) is 9.38. The van der Waals surface area contributed by atoms with Crippen molar-refractivity contribution < 1.29 is 9.18 Å². The fraction of sp³-hybridized carbons (Fsp3) is 0.250. The van der Waals surface area contributed by atoms with Gasteiger partial charge in [0.1, 0.15) is 11.5 Å². The van der Waals surface area contributed by atoms with Gasteiger partial charge in [-0.1, -0.05) is 12.6 Å². The summed E-state index contributed by atoms with van der Waals surface area (Å²) in [5.41, 5.74) is 0.714. The zero-order valence-corrected chi connectivity index (χ0v) is 9.38. The SMILES string of the molecule is C=CC(=O)Nc1c(F)cccc1NC(C)C. The summed E-state index contributed by atoms with van der Waals surface area (Å²) in [6.45, 7) is 7.19. The highest BCUT2D eigenvalue weighted by Crippen LogP contribution is 2.25. The molecule has 0 fully saturated rings. The second kappa shape index (κ2) is 5.30. The van der Waals surface area contributed by atoms with Crippen LogP contribution < -0.4 is 10.6 Å². The number of benzene rings is 1. The number of rotatable bonds is 4. The first-order chi connectivity index (χ1) is 7.54. The minimum absolute atomic E-state index is 0.154. The van der Waals surface area contributed by atoms with Crippen molar-refractivity contribution in [3.63, 3.8) is 0 Å². The van der Waals surface area contributed by atoms with Crippen LogP contribution in [-0.2, 0) is 4.79 Å². The van der Waals surface area contributed by atoms with E-state index in [1.165, 1.54) is 6.07 Å². The van der Waals surface area contributed by atoms with E-state index >= 15 is 0 Å². The summed E-state index contributed by atoms with van der Waals surface area (Å²) < 4.78 is 13.5. The third-order valence-corrected chi connectivity index (χ3v) is 1.89. The molecule has 1 amide bonds. The molecule has 0 aliphatic heterocycles. The molecule has 1 aromatic rings. The monoisotopic (exact) mass is 222 g/mol. The van der Waals surface area contributed by atoms with Gasteiger partial charge in [0.05, 0.1) is 5.69 Å². The Morgan fingerprint density at radius 2 is 2.19 bits per heavy atom. The zero-order chi connectivity index (χ0) is 12.1. The summed E-state index contributed by atoms with van der Waals surface area (Å²) >= 11 is 0. The summed E-state index contributed by atoms with van der Waals surface area (Å²) in [4.78, 5) is 11.1. The van der Waals surface area contributed by atoms with Crippen LogP contribution in [0, 0.1) is 5.82 Å². The summed E-state index contributed by atoms with van der Waals surface area (Å²) in [7, 11) is 0. The lowest BCUT2D eigenvalue weighted by molar-refractivity contribution is -0.111. The number of carbonyl (C=O) groups excluding carboxylic acids is 1. The van der Waals surface area contributed by atoms with Crippen LogP contribution in [0.4, 0.5) is 15.8 Å². The summed E-state index contributed by atoms with van der Waals surface area (Å²) in [5, 5.41) is 5.49. The van der Waals surface area contributed by atoms with Crippen molar-refractivity contribution in [2.75, 3.05) is 10.6 Å². The van der Waals surface area contributed by atoms with Gasteiger partial charge in [-0.2, -0.15) is 0 Å². The molecule has 4 heteroatoms. The van der Waals surface area contributed by atoms with E-state index in [9.17, 15) is 9.18 Å². The fourth-order valence-corrected chi connectivity index (χ4v) is 1.26. The summed E-state index contributed by atoms with van der Waals surface area (Å²) in [6, 6.07) is 4.75. The molecule has 0 bridgehead atoms. The Hall–Kier alpha value is -1.84. The lowest BCUT2D eigenvalue weighted by Crippen LogP contribution is -2.15. The van der Waals surface area contributed by atoms with Gasteiger partial charge in [-0.3, -0.25) is 4.79 Å². The molecule has 1 rings (SSSR count). The van der Waals surface area contributed by atoms with Crippen molar-refractivity contribution in [3.8, 4) is 0 Å². The highest BCUT2D eigenvalue weighted by molar-refractivity contribution is 6.01. The molecule has 0 spiro atoms. The number of hydrogen-bond acceptors (Lipinski definition) is 2. The lowest BCUT2D eigenvalue weighted by atomic mass is 10.2. The standard InChI is InChI=1S/C12H15FN2O/c1-4-11(16)15-12-9(13)6-5-7-10(12)14-8(2)3/h4-8,14H,1H2,2-3H3,(H,15,16). The molecule has 0 radical (unpaired) electrons. The third-order valence-electron chi connectivity index (χ3n) is 1.89. The van der Waals surface area contributed by atoms with Crippen LogP contribution in [0.5, 0.6) is 0 Å². The Morgan fingerprint density at radius 3 is 2.75 bits per heavy atom. The number of para-hydroxylation sites is 1. The highest BCUT2D eigenvalue weighted by Gasteiger charge is 2.10. The van der Waals surface area contributed by atoms with Gasteiger partial charge in [-0.05, 0) is 32.1 Å². The summed E-state index contributed by atoms with van der Waals surface area (Å²) in [6.07, 6.45) is 1.10. The predicted octanol–water partition coefficient (Wildman–Crippen LogP) is 2.77. The van der Waals surface area contributed by atoms with Gasteiger partial charge in [0.15, 0.2) is 0 Å². The number of anilines is 2. The van der Waals surface area contributed by atoms with E-state index in [-0.39, 0.29) is 11.7 Å². The first-order valence-electron chi connectivity index (χ1n) is 5.03. The Bertz CT molecular complexity index is 402. The van der Waals surface area contributed by atoms with Crippen molar-refractivity contribution in [2.24, 2.45) is 0 Å². The Labute approximate surface area is 94.4 Å². The average molecular weight is 222 g/mol. The van der Waals surface area contributed by atoms with E-state index in [1.807, 2.05) is 13.8 Å². The molecule has 0 aliphatic carbocycles. The quantitative estimate of drug-likeness (QED) is 0.769. The molecule has 3 nitrogen and oxygen atoms in total.